The summed E-state index contributed by atoms with van der Waals surface area (Å²) < 4.78 is 0. The summed E-state index contributed by atoms with van der Waals surface area (Å²) in [6, 6.07) is 2.16. The zero-order valence-electron chi connectivity index (χ0n) is 10.2. The Labute approximate surface area is 106 Å². The molecule has 0 aliphatic carbocycles. The van der Waals surface area contributed by atoms with Gasteiger partial charge in [-0.1, -0.05) is 0 Å². The molecule has 0 saturated carbocycles. The Morgan fingerprint density at radius 2 is 2.47 bits per heavy atom. The third kappa shape index (κ3) is 1.89. The molecule has 0 spiro atoms. The van der Waals surface area contributed by atoms with Crippen LogP contribution in [0.1, 0.15) is 30.2 Å². The summed E-state index contributed by atoms with van der Waals surface area (Å²) in [6.07, 6.45) is 3.10. The molecule has 3 rings (SSSR count). The van der Waals surface area contributed by atoms with Crippen LogP contribution in [-0.4, -0.2) is 29.4 Å². The fraction of sp³-hybridized carbons (Fsp3) is 0.615. The van der Waals surface area contributed by atoms with Crippen LogP contribution in [0.2, 0.25) is 0 Å². The minimum absolute atomic E-state index is 0.284. The smallest absolute Gasteiger partial charge is 0.242 e. The van der Waals surface area contributed by atoms with E-state index in [-0.39, 0.29) is 11.4 Å². The van der Waals surface area contributed by atoms with Crippen molar-refractivity contribution < 1.29 is 4.79 Å². The Balaban J connectivity index is 1.76. The summed E-state index contributed by atoms with van der Waals surface area (Å²) in [6.45, 7) is 4.70. The second-order valence-corrected chi connectivity index (χ2v) is 6.21. The minimum atomic E-state index is -0.312. The molecule has 1 atom stereocenters. The van der Waals surface area contributed by atoms with E-state index in [1.165, 1.54) is 10.4 Å². The Bertz CT molecular complexity index is 434. The van der Waals surface area contributed by atoms with E-state index in [9.17, 15) is 4.79 Å². The minimum Gasteiger partial charge on any atom is -0.336 e. The van der Waals surface area contributed by atoms with Crippen molar-refractivity contribution in [3.8, 4) is 0 Å². The zero-order chi connectivity index (χ0) is 11.9. The number of hydrogen-bond acceptors (Lipinski definition) is 3. The van der Waals surface area contributed by atoms with E-state index in [0.717, 1.165) is 38.9 Å². The van der Waals surface area contributed by atoms with E-state index in [4.69, 9.17) is 0 Å². The maximum Gasteiger partial charge on any atom is 0.242 e. The summed E-state index contributed by atoms with van der Waals surface area (Å²) in [5, 5.41) is 5.49. The molecule has 4 heteroatoms. The standard InChI is InChI=1S/C13H18N2OS/c1-13(5-2-6-14-13)12(16)15-7-3-11-10(9-15)4-8-17-11/h4,8,14H,2-3,5-7,9H2,1H3. The van der Waals surface area contributed by atoms with Crippen LogP contribution in [0.3, 0.4) is 0 Å². The van der Waals surface area contributed by atoms with Crippen molar-refractivity contribution in [1.82, 2.24) is 10.2 Å². The van der Waals surface area contributed by atoms with Crippen LogP contribution in [0.15, 0.2) is 11.4 Å². The molecule has 2 aliphatic heterocycles. The van der Waals surface area contributed by atoms with Crippen LogP contribution in [0.4, 0.5) is 0 Å². The maximum atomic E-state index is 12.5. The van der Waals surface area contributed by atoms with Gasteiger partial charge < -0.3 is 10.2 Å². The first-order chi connectivity index (χ1) is 8.19. The van der Waals surface area contributed by atoms with Gasteiger partial charge in [0.2, 0.25) is 5.91 Å². The summed E-state index contributed by atoms with van der Waals surface area (Å²) in [7, 11) is 0. The lowest BCUT2D eigenvalue weighted by Crippen LogP contribution is -2.53. The van der Waals surface area contributed by atoms with Gasteiger partial charge in [-0.3, -0.25) is 4.79 Å². The molecule has 92 valence electrons. The van der Waals surface area contributed by atoms with E-state index < -0.39 is 0 Å². The molecule has 3 heterocycles. The molecular formula is C13H18N2OS. The van der Waals surface area contributed by atoms with E-state index in [1.807, 2.05) is 23.2 Å². The molecule has 0 aromatic carbocycles. The van der Waals surface area contributed by atoms with E-state index in [1.54, 1.807) is 0 Å². The molecule has 1 saturated heterocycles. The lowest BCUT2D eigenvalue weighted by Gasteiger charge is -2.34. The fourth-order valence-corrected chi connectivity index (χ4v) is 3.74. The van der Waals surface area contributed by atoms with Gasteiger partial charge in [0.15, 0.2) is 0 Å². The van der Waals surface area contributed by atoms with Gasteiger partial charge in [0, 0.05) is 18.0 Å². The first-order valence-electron chi connectivity index (χ1n) is 6.29. The SMILES string of the molecule is CC1(C(=O)N2CCc3sccc3C2)CCCN1. The number of hydrogen-bond donors (Lipinski definition) is 1. The van der Waals surface area contributed by atoms with Crippen molar-refractivity contribution in [3.63, 3.8) is 0 Å². The van der Waals surface area contributed by atoms with Crippen LogP contribution in [0.5, 0.6) is 0 Å². The normalized spacial score (nSPS) is 28.2. The van der Waals surface area contributed by atoms with Gasteiger partial charge in [0.05, 0.1) is 5.54 Å². The van der Waals surface area contributed by atoms with Crippen molar-refractivity contribution in [2.24, 2.45) is 0 Å². The molecule has 1 unspecified atom stereocenters. The predicted octanol–water partition coefficient (Wildman–Crippen LogP) is 1.77. The molecule has 1 N–H and O–H groups in total. The van der Waals surface area contributed by atoms with E-state index >= 15 is 0 Å². The first-order valence-corrected chi connectivity index (χ1v) is 7.17. The van der Waals surface area contributed by atoms with Crippen LogP contribution < -0.4 is 5.32 Å². The topological polar surface area (TPSA) is 32.3 Å². The predicted molar refractivity (Wildman–Crippen MR) is 69.1 cm³/mol. The van der Waals surface area contributed by atoms with Gasteiger partial charge >= 0.3 is 0 Å². The third-order valence-corrected chi connectivity index (χ3v) is 4.96. The summed E-state index contributed by atoms with van der Waals surface area (Å²) >= 11 is 1.82. The highest BCUT2D eigenvalue weighted by Crippen LogP contribution is 2.28. The number of fused-ring (bicyclic) bond motifs is 1. The van der Waals surface area contributed by atoms with Crippen LogP contribution in [0.25, 0.3) is 0 Å². The summed E-state index contributed by atoms with van der Waals surface area (Å²) in [5.74, 6) is 0.284. The Morgan fingerprint density at radius 3 is 3.24 bits per heavy atom. The lowest BCUT2D eigenvalue weighted by molar-refractivity contribution is -0.138. The lowest BCUT2D eigenvalue weighted by atomic mass is 9.97. The van der Waals surface area contributed by atoms with Gasteiger partial charge in [-0.25, -0.2) is 0 Å². The van der Waals surface area contributed by atoms with Gasteiger partial charge in [-0.15, -0.1) is 11.3 Å². The molecule has 3 nitrogen and oxygen atoms in total. The average molecular weight is 250 g/mol. The number of nitrogens with one attached hydrogen (secondary N) is 1. The number of nitrogens with zero attached hydrogens (tertiary/aromatic N) is 1. The molecule has 0 bridgehead atoms. The van der Waals surface area contributed by atoms with Gasteiger partial charge in [0.25, 0.3) is 0 Å². The molecule has 1 aromatic heterocycles. The largest absolute Gasteiger partial charge is 0.336 e. The highest BCUT2D eigenvalue weighted by Gasteiger charge is 2.39. The van der Waals surface area contributed by atoms with E-state index in [0.29, 0.717) is 0 Å². The monoisotopic (exact) mass is 250 g/mol. The van der Waals surface area contributed by atoms with Crippen molar-refractivity contribution in [1.29, 1.82) is 0 Å². The van der Waals surface area contributed by atoms with Gasteiger partial charge in [-0.05, 0) is 49.7 Å². The second-order valence-electron chi connectivity index (χ2n) is 5.21. The van der Waals surface area contributed by atoms with Gasteiger partial charge in [0.1, 0.15) is 0 Å². The molecule has 1 aromatic rings. The van der Waals surface area contributed by atoms with Crippen LogP contribution in [-0.2, 0) is 17.8 Å². The first kappa shape index (κ1) is 11.2. The molecular weight excluding hydrogens is 232 g/mol. The number of thiophene rings is 1. The van der Waals surface area contributed by atoms with E-state index in [2.05, 4.69) is 16.8 Å². The molecule has 2 aliphatic rings. The molecule has 1 amide bonds. The number of amides is 1. The summed E-state index contributed by atoms with van der Waals surface area (Å²) in [5.41, 5.74) is 1.03. The Hall–Kier alpha value is -0.870. The van der Waals surface area contributed by atoms with Crippen LogP contribution >= 0.6 is 11.3 Å². The Morgan fingerprint density at radius 1 is 1.59 bits per heavy atom. The molecule has 1 fully saturated rings. The number of rotatable bonds is 1. The van der Waals surface area contributed by atoms with Gasteiger partial charge in [-0.2, -0.15) is 0 Å². The quantitative estimate of drug-likeness (QED) is 0.824. The van der Waals surface area contributed by atoms with Crippen molar-refractivity contribution in [2.45, 2.75) is 38.3 Å². The highest BCUT2D eigenvalue weighted by molar-refractivity contribution is 7.10. The third-order valence-electron chi connectivity index (χ3n) is 3.94. The zero-order valence-corrected chi connectivity index (χ0v) is 11.0. The average Bonchev–Trinajstić information content (AvgIpc) is 2.96. The molecule has 0 radical (unpaired) electrons. The Kier molecular flexibility index (Phi) is 2.71. The van der Waals surface area contributed by atoms with Crippen molar-refractivity contribution in [2.75, 3.05) is 13.1 Å². The summed E-state index contributed by atoms with van der Waals surface area (Å²) in [4.78, 5) is 16.0. The maximum absolute atomic E-state index is 12.5. The van der Waals surface area contributed by atoms with Crippen molar-refractivity contribution in [3.05, 3.63) is 21.9 Å². The number of carbonyl (C=O) groups is 1. The second kappa shape index (κ2) is 4.10. The van der Waals surface area contributed by atoms with Crippen LogP contribution in [0, 0.1) is 0 Å². The fourth-order valence-electron chi connectivity index (χ4n) is 2.85. The van der Waals surface area contributed by atoms with Crippen molar-refractivity contribution >= 4 is 17.2 Å². The highest BCUT2D eigenvalue weighted by atomic mass is 32.1. The number of carbonyl (C=O) groups excluding carboxylic acids is 1. The molecule has 17 heavy (non-hydrogen) atoms.